The van der Waals surface area contributed by atoms with Crippen molar-refractivity contribution >= 4 is 11.7 Å². The quantitative estimate of drug-likeness (QED) is 0.891. The SMILES string of the molecule is Cn1nccc1CCC(=O)N1CCCC(Cc2nccnc2N)C1. The maximum absolute atomic E-state index is 12.5. The number of hydrogen-bond acceptors (Lipinski definition) is 5. The van der Waals surface area contributed by atoms with E-state index >= 15 is 0 Å². The van der Waals surface area contributed by atoms with Gasteiger partial charge in [-0.2, -0.15) is 5.10 Å². The highest BCUT2D eigenvalue weighted by molar-refractivity contribution is 5.76. The molecule has 1 unspecified atom stereocenters. The van der Waals surface area contributed by atoms with Crippen LogP contribution >= 0.6 is 0 Å². The highest BCUT2D eigenvalue weighted by Gasteiger charge is 2.24. The number of rotatable bonds is 5. The molecule has 1 amide bonds. The Morgan fingerprint density at radius 2 is 2.17 bits per heavy atom. The molecule has 1 aliphatic heterocycles. The monoisotopic (exact) mass is 328 g/mol. The number of carbonyl (C=O) groups is 1. The Morgan fingerprint density at radius 3 is 2.92 bits per heavy atom. The molecule has 2 N–H and O–H groups in total. The van der Waals surface area contributed by atoms with Crippen LogP contribution in [0, 0.1) is 5.92 Å². The zero-order valence-corrected chi connectivity index (χ0v) is 14.1. The van der Waals surface area contributed by atoms with Crippen molar-refractivity contribution in [1.29, 1.82) is 0 Å². The highest BCUT2D eigenvalue weighted by Crippen LogP contribution is 2.22. The minimum Gasteiger partial charge on any atom is -0.382 e. The third-order valence-electron chi connectivity index (χ3n) is 4.68. The Bertz CT molecular complexity index is 698. The van der Waals surface area contributed by atoms with E-state index in [9.17, 15) is 4.79 Å². The predicted molar refractivity (Wildman–Crippen MR) is 91.0 cm³/mol. The lowest BCUT2D eigenvalue weighted by atomic mass is 9.93. The lowest BCUT2D eigenvalue weighted by Crippen LogP contribution is -2.40. The van der Waals surface area contributed by atoms with Gasteiger partial charge in [0.05, 0.1) is 5.69 Å². The summed E-state index contributed by atoms with van der Waals surface area (Å²) in [5, 5.41) is 4.14. The summed E-state index contributed by atoms with van der Waals surface area (Å²) < 4.78 is 1.82. The lowest BCUT2D eigenvalue weighted by Gasteiger charge is -2.33. The number of piperidine rings is 1. The van der Waals surface area contributed by atoms with Gasteiger partial charge in [0.15, 0.2) is 0 Å². The fourth-order valence-electron chi connectivity index (χ4n) is 3.31. The summed E-state index contributed by atoms with van der Waals surface area (Å²) in [5.74, 6) is 1.11. The smallest absolute Gasteiger partial charge is 0.222 e. The number of anilines is 1. The van der Waals surface area contributed by atoms with Crippen LogP contribution in [0.2, 0.25) is 0 Å². The number of nitrogens with two attached hydrogens (primary N) is 1. The van der Waals surface area contributed by atoms with Gasteiger partial charge in [0.25, 0.3) is 0 Å². The highest BCUT2D eigenvalue weighted by atomic mass is 16.2. The first kappa shape index (κ1) is 16.4. The number of carbonyl (C=O) groups excluding carboxylic acids is 1. The fraction of sp³-hybridized carbons (Fsp3) is 0.529. The maximum atomic E-state index is 12.5. The van der Waals surface area contributed by atoms with E-state index in [0.29, 0.717) is 18.2 Å². The Morgan fingerprint density at radius 1 is 1.33 bits per heavy atom. The van der Waals surface area contributed by atoms with Crippen molar-refractivity contribution in [3.05, 3.63) is 36.0 Å². The van der Waals surface area contributed by atoms with E-state index < -0.39 is 0 Å². The molecule has 0 saturated carbocycles. The number of aryl methyl sites for hydroxylation is 2. The third-order valence-corrected chi connectivity index (χ3v) is 4.68. The van der Waals surface area contributed by atoms with E-state index in [1.807, 2.05) is 22.7 Å². The third kappa shape index (κ3) is 3.90. The van der Waals surface area contributed by atoms with Gasteiger partial charge in [-0.15, -0.1) is 0 Å². The molecule has 0 bridgehead atoms. The van der Waals surface area contributed by atoms with Crippen molar-refractivity contribution in [3.8, 4) is 0 Å². The van der Waals surface area contributed by atoms with E-state index in [0.717, 1.165) is 50.2 Å². The summed E-state index contributed by atoms with van der Waals surface area (Å²) in [6.45, 7) is 1.62. The van der Waals surface area contributed by atoms with Gasteiger partial charge < -0.3 is 10.6 Å². The molecule has 24 heavy (non-hydrogen) atoms. The Labute approximate surface area is 141 Å². The van der Waals surface area contributed by atoms with Gasteiger partial charge in [-0.25, -0.2) is 4.98 Å². The van der Waals surface area contributed by atoms with E-state index in [2.05, 4.69) is 15.1 Å². The van der Waals surface area contributed by atoms with Gasteiger partial charge in [0.1, 0.15) is 5.82 Å². The first-order valence-electron chi connectivity index (χ1n) is 8.43. The van der Waals surface area contributed by atoms with Crippen molar-refractivity contribution in [2.24, 2.45) is 13.0 Å². The predicted octanol–water partition coefficient (Wildman–Crippen LogP) is 1.21. The van der Waals surface area contributed by atoms with Crippen LogP contribution in [0.3, 0.4) is 0 Å². The number of likely N-dealkylation sites (tertiary alicyclic amines) is 1. The van der Waals surface area contributed by atoms with E-state index in [4.69, 9.17) is 5.73 Å². The minimum atomic E-state index is 0.216. The van der Waals surface area contributed by atoms with Gasteiger partial charge in [-0.3, -0.25) is 14.5 Å². The Hall–Kier alpha value is -2.44. The van der Waals surface area contributed by atoms with Gasteiger partial charge in [0, 0.05) is 50.8 Å². The fourth-order valence-corrected chi connectivity index (χ4v) is 3.31. The first-order chi connectivity index (χ1) is 11.6. The molecule has 0 spiro atoms. The van der Waals surface area contributed by atoms with Crippen molar-refractivity contribution in [3.63, 3.8) is 0 Å². The summed E-state index contributed by atoms with van der Waals surface area (Å²) in [6, 6.07) is 1.96. The lowest BCUT2D eigenvalue weighted by molar-refractivity contribution is -0.133. The van der Waals surface area contributed by atoms with Crippen molar-refractivity contribution in [2.45, 2.75) is 32.1 Å². The summed E-state index contributed by atoms with van der Waals surface area (Å²) in [5.41, 5.74) is 7.81. The second-order valence-corrected chi connectivity index (χ2v) is 6.39. The van der Waals surface area contributed by atoms with Crippen molar-refractivity contribution in [1.82, 2.24) is 24.6 Å². The van der Waals surface area contributed by atoms with Gasteiger partial charge in [-0.1, -0.05) is 0 Å². The molecule has 0 radical (unpaired) electrons. The molecule has 3 rings (SSSR count). The molecule has 1 saturated heterocycles. The standard InChI is InChI=1S/C17H24N6O/c1-22-14(6-7-21-22)4-5-16(24)23-10-2-3-13(12-23)11-15-17(18)20-9-8-19-15/h6-9,13H,2-5,10-12H2,1H3,(H2,18,20). The van der Waals surface area contributed by atoms with E-state index in [-0.39, 0.29) is 5.91 Å². The average Bonchev–Trinajstić information content (AvgIpc) is 3.00. The van der Waals surface area contributed by atoms with E-state index in [1.54, 1.807) is 18.6 Å². The molecule has 3 heterocycles. The first-order valence-corrected chi connectivity index (χ1v) is 8.43. The molecule has 128 valence electrons. The van der Waals surface area contributed by atoms with E-state index in [1.165, 1.54) is 0 Å². The molecular formula is C17H24N6O. The molecule has 0 aromatic carbocycles. The molecular weight excluding hydrogens is 304 g/mol. The second kappa shape index (κ2) is 7.42. The Balaban J connectivity index is 1.54. The maximum Gasteiger partial charge on any atom is 0.222 e. The molecule has 2 aromatic heterocycles. The number of nitrogen functional groups attached to an aromatic ring is 1. The largest absolute Gasteiger partial charge is 0.382 e. The summed E-state index contributed by atoms with van der Waals surface area (Å²) in [6.07, 6.45) is 9.21. The molecule has 1 aliphatic rings. The summed E-state index contributed by atoms with van der Waals surface area (Å²) in [4.78, 5) is 22.9. The second-order valence-electron chi connectivity index (χ2n) is 6.39. The molecule has 7 heteroatoms. The van der Waals surface area contributed by atoms with Crippen LogP contribution in [-0.2, 0) is 24.7 Å². The topological polar surface area (TPSA) is 89.9 Å². The molecule has 1 atom stereocenters. The number of aromatic nitrogens is 4. The minimum absolute atomic E-state index is 0.216. The van der Waals surface area contributed by atoms with Crippen molar-refractivity contribution in [2.75, 3.05) is 18.8 Å². The van der Waals surface area contributed by atoms with Crippen LogP contribution in [0.15, 0.2) is 24.7 Å². The van der Waals surface area contributed by atoms with Gasteiger partial charge >= 0.3 is 0 Å². The Kier molecular flexibility index (Phi) is 5.08. The zero-order chi connectivity index (χ0) is 16.9. The van der Waals surface area contributed by atoms with Crippen LogP contribution in [0.1, 0.15) is 30.7 Å². The molecule has 0 aliphatic carbocycles. The molecule has 1 fully saturated rings. The van der Waals surface area contributed by atoms with Crippen LogP contribution in [0.5, 0.6) is 0 Å². The van der Waals surface area contributed by atoms with Crippen LogP contribution < -0.4 is 5.73 Å². The molecule has 7 nitrogen and oxygen atoms in total. The van der Waals surface area contributed by atoms with Gasteiger partial charge in [0.2, 0.25) is 5.91 Å². The summed E-state index contributed by atoms with van der Waals surface area (Å²) >= 11 is 0. The van der Waals surface area contributed by atoms with Crippen LogP contribution in [0.4, 0.5) is 5.82 Å². The normalized spacial score (nSPS) is 17.9. The molecule has 2 aromatic rings. The number of amides is 1. The van der Waals surface area contributed by atoms with Crippen LogP contribution in [0.25, 0.3) is 0 Å². The number of hydrogen-bond donors (Lipinski definition) is 1. The van der Waals surface area contributed by atoms with Crippen molar-refractivity contribution < 1.29 is 4.79 Å². The number of nitrogens with zero attached hydrogens (tertiary/aromatic N) is 5. The van der Waals surface area contributed by atoms with Gasteiger partial charge in [-0.05, 0) is 37.7 Å². The van der Waals surface area contributed by atoms with Crippen LogP contribution in [-0.4, -0.2) is 43.6 Å². The summed E-state index contributed by atoms with van der Waals surface area (Å²) in [7, 11) is 1.90. The average molecular weight is 328 g/mol. The zero-order valence-electron chi connectivity index (χ0n) is 14.1.